The van der Waals surface area contributed by atoms with Gasteiger partial charge >= 0.3 is 0 Å². The average molecular weight is 213 g/mol. The van der Waals surface area contributed by atoms with E-state index in [-0.39, 0.29) is 6.04 Å². The van der Waals surface area contributed by atoms with Gasteiger partial charge in [0.2, 0.25) is 0 Å². The van der Waals surface area contributed by atoms with E-state index in [1.165, 1.54) is 11.3 Å². The first-order valence-electron chi connectivity index (χ1n) is 4.86. The number of hydrogen-bond acceptors (Lipinski definition) is 3. The van der Waals surface area contributed by atoms with Crippen LogP contribution in [-0.4, -0.2) is 21.8 Å². The highest BCUT2D eigenvalue weighted by molar-refractivity contribution is 7.98. The molecule has 0 amide bonds. The Balaban J connectivity index is 2.92. The smallest absolute Gasteiger partial charge is 0.0644 e. The average Bonchev–Trinajstić information content (AvgIpc) is 2.38. The molecule has 0 bridgehead atoms. The summed E-state index contributed by atoms with van der Waals surface area (Å²) in [4.78, 5) is 0. The van der Waals surface area contributed by atoms with Gasteiger partial charge in [-0.15, -0.1) is 0 Å². The van der Waals surface area contributed by atoms with Crippen molar-refractivity contribution in [1.29, 1.82) is 0 Å². The number of nitrogens with two attached hydrogens (primary N) is 1. The zero-order chi connectivity index (χ0) is 10.7. The van der Waals surface area contributed by atoms with Gasteiger partial charge in [0.15, 0.2) is 0 Å². The molecule has 1 rings (SSSR count). The highest BCUT2D eigenvalue weighted by atomic mass is 32.2. The van der Waals surface area contributed by atoms with Crippen LogP contribution in [0.1, 0.15) is 29.9 Å². The molecule has 2 N–H and O–H groups in total. The number of thioether (sulfide) groups is 1. The van der Waals surface area contributed by atoms with Gasteiger partial charge < -0.3 is 5.73 Å². The molecule has 0 aliphatic heterocycles. The van der Waals surface area contributed by atoms with Crippen LogP contribution >= 0.6 is 11.8 Å². The van der Waals surface area contributed by atoms with E-state index in [1.54, 1.807) is 0 Å². The summed E-state index contributed by atoms with van der Waals surface area (Å²) in [6.45, 7) is 7.11. The summed E-state index contributed by atoms with van der Waals surface area (Å²) < 4.78 is 2.06. The molecule has 1 heterocycles. The summed E-state index contributed by atoms with van der Waals surface area (Å²) in [5.74, 6) is 1.10. The fraction of sp³-hybridized carbons (Fsp3) is 0.700. The third-order valence-corrected chi connectivity index (χ3v) is 2.99. The van der Waals surface area contributed by atoms with E-state index >= 15 is 0 Å². The van der Waals surface area contributed by atoms with E-state index < -0.39 is 0 Å². The predicted octanol–water partition coefficient (Wildman–Crippen LogP) is 1.88. The lowest BCUT2D eigenvalue weighted by Crippen LogP contribution is -2.09. The van der Waals surface area contributed by atoms with Gasteiger partial charge in [-0.05, 0) is 27.0 Å². The third kappa shape index (κ3) is 2.30. The molecule has 14 heavy (non-hydrogen) atoms. The molecule has 3 nitrogen and oxygen atoms in total. The molecule has 0 saturated carbocycles. The maximum absolute atomic E-state index is 5.90. The zero-order valence-electron chi connectivity index (χ0n) is 9.37. The number of rotatable bonds is 4. The van der Waals surface area contributed by atoms with Gasteiger partial charge in [0.1, 0.15) is 0 Å². The number of hydrogen-bond donors (Lipinski definition) is 1. The topological polar surface area (TPSA) is 43.8 Å². The summed E-state index contributed by atoms with van der Waals surface area (Å²) >= 11 is 1.84. The number of aromatic nitrogens is 2. The summed E-state index contributed by atoms with van der Waals surface area (Å²) in [7, 11) is 0. The molecule has 4 heteroatoms. The first kappa shape index (κ1) is 11.6. The van der Waals surface area contributed by atoms with Crippen LogP contribution in [-0.2, 0) is 6.54 Å². The van der Waals surface area contributed by atoms with Gasteiger partial charge in [-0.2, -0.15) is 16.9 Å². The van der Waals surface area contributed by atoms with Crippen molar-refractivity contribution in [1.82, 2.24) is 9.78 Å². The van der Waals surface area contributed by atoms with Crippen LogP contribution in [0.25, 0.3) is 0 Å². The van der Waals surface area contributed by atoms with Gasteiger partial charge in [-0.1, -0.05) is 0 Å². The monoisotopic (exact) mass is 213 g/mol. The minimum atomic E-state index is 0.0815. The summed E-state index contributed by atoms with van der Waals surface area (Å²) in [5.41, 5.74) is 9.38. The lowest BCUT2D eigenvalue weighted by molar-refractivity contribution is 0.638. The van der Waals surface area contributed by atoms with E-state index in [4.69, 9.17) is 5.73 Å². The maximum Gasteiger partial charge on any atom is 0.0644 e. The van der Waals surface area contributed by atoms with Gasteiger partial charge in [0.25, 0.3) is 0 Å². The maximum atomic E-state index is 5.90. The highest BCUT2D eigenvalue weighted by Gasteiger charge is 2.13. The van der Waals surface area contributed by atoms with Crippen molar-refractivity contribution in [2.45, 2.75) is 33.4 Å². The van der Waals surface area contributed by atoms with E-state index in [1.807, 2.05) is 25.6 Å². The van der Waals surface area contributed by atoms with Crippen LogP contribution in [0.5, 0.6) is 0 Å². The van der Waals surface area contributed by atoms with Crippen LogP contribution in [0.4, 0.5) is 0 Å². The summed E-state index contributed by atoms with van der Waals surface area (Å²) in [6.07, 6.45) is 2.11. The van der Waals surface area contributed by atoms with Crippen molar-refractivity contribution in [3.05, 3.63) is 17.0 Å². The van der Waals surface area contributed by atoms with E-state index in [0.29, 0.717) is 0 Å². The molecule has 0 radical (unpaired) electrons. The Morgan fingerprint density at radius 2 is 2.14 bits per heavy atom. The lowest BCUT2D eigenvalue weighted by Gasteiger charge is -2.06. The standard InChI is InChI=1S/C10H19N3S/c1-7(11)10-8(2)12-13(9(10)3)5-6-14-4/h7H,5-6,11H2,1-4H3. The number of aryl methyl sites for hydroxylation is 2. The first-order valence-corrected chi connectivity index (χ1v) is 6.25. The Morgan fingerprint density at radius 1 is 1.50 bits per heavy atom. The van der Waals surface area contributed by atoms with E-state index in [9.17, 15) is 0 Å². The quantitative estimate of drug-likeness (QED) is 0.830. The summed E-state index contributed by atoms with van der Waals surface area (Å²) in [5, 5.41) is 4.49. The van der Waals surface area contributed by atoms with Gasteiger partial charge in [-0.3, -0.25) is 4.68 Å². The Bertz CT molecular complexity index is 305. The van der Waals surface area contributed by atoms with Crippen molar-refractivity contribution in [3.8, 4) is 0 Å². The van der Waals surface area contributed by atoms with E-state index in [0.717, 1.165) is 18.0 Å². The van der Waals surface area contributed by atoms with Crippen LogP contribution in [0.3, 0.4) is 0 Å². The molecule has 1 aromatic heterocycles. The van der Waals surface area contributed by atoms with Crippen molar-refractivity contribution in [2.75, 3.05) is 12.0 Å². The highest BCUT2D eigenvalue weighted by Crippen LogP contribution is 2.19. The Hall–Kier alpha value is -0.480. The van der Waals surface area contributed by atoms with Crippen LogP contribution in [0.2, 0.25) is 0 Å². The van der Waals surface area contributed by atoms with Crippen LogP contribution in [0.15, 0.2) is 0 Å². The molecular formula is C10H19N3S. The second-order valence-corrected chi connectivity index (χ2v) is 4.57. The molecule has 80 valence electrons. The fourth-order valence-electron chi connectivity index (χ4n) is 1.77. The second kappa shape index (κ2) is 4.84. The molecule has 1 aromatic rings. The minimum absolute atomic E-state index is 0.0815. The summed E-state index contributed by atoms with van der Waals surface area (Å²) in [6, 6.07) is 0.0815. The van der Waals surface area contributed by atoms with Crippen molar-refractivity contribution < 1.29 is 0 Å². The van der Waals surface area contributed by atoms with Crippen molar-refractivity contribution in [2.24, 2.45) is 5.73 Å². The largest absolute Gasteiger partial charge is 0.324 e. The SMILES string of the molecule is CSCCn1nc(C)c(C(C)N)c1C. The number of nitrogens with zero attached hydrogens (tertiary/aromatic N) is 2. The molecule has 0 spiro atoms. The Kier molecular flexibility index (Phi) is 4.01. The second-order valence-electron chi connectivity index (χ2n) is 3.59. The fourth-order valence-corrected chi connectivity index (χ4v) is 2.12. The minimum Gasteiger partial charge on any atom is -0.324 e. The third-order valence-electron chi connectivity index (χ3n) is 2.40. The van der Waals surface area contributed by atoms with Crippen molar-refractivity contribution >= 4 is 11.8 Å². The van der Waals surface area contributed by atoms with E-state index in [2.05, 4.69) is 23.0 Å². The van der Waals surface area contributed by atoms with Crippen LogP contribution in [0, 0.1) is 13.8 Å². The molecule has 0 aromatic carbocycles. The van der Waals surface area contributed by atoms with Gasteiger partial charge in [0.05, 0.1) is 12.2 Å². The molecule has 0 aliphatic carbocycles. The zero-order valence-corrected chi connectivity index (χ0v) is 10.2. The Morgan fingerprint density at radius 3 is 2.57 bits per heavy atom. The van der Waals surface area contributed by atoms with Crippen LogP contribution < -0.4 is 5.73 Å². The molecule has 0 aliphatic rings. The Labute approximate surface area is 90.1 Å². The predicted molar refractivity (Wildman–Crippen MR) is 62.7 cm³/mol. The lowest BCUT2D eigenvalue weighted by atomic mass is 10.1. The normalized spacial score (nSPS) is 13.2. The van der Waals surface area contributed by atoms with Gasteiger partial charge in [0, 0.05) is 23.1 Å². The molecule has 1 atom stereocenters. The van der Waals surface area contributed by atoms with Crippen molar-refractivity contribution in [3.63, 3.8) is 0 Å². The first-order chi connectivity index (χ1) is 6.57. The molecular weight excluding hydrogens is 194 g/mol. The molecule has 0 saturated heterocycles. The van der Waals surface area contributed by atoms with Gasteiger partial charge in [-0.25, -0.2) is 0 Å². The molecule has 1 unspecified atom stereocenters. The molecule has 0 fully saturated rings.